The van der Waals surface area contributed by atoms with Crippen molar-refractivity contribution in [2.24, 2.45) is 5.10 Å². The van der Waals surface area contributed by atoms with Crippen molar-refractivity contribution in [3.8, 4) is 11.4 Å². The maximum absolute atomic E-state index is 13.1. The van der Waals surface area contributed by atoms with Crippen molar-refractivity contribution in [3.05, 3.63) is 70.9 Å². The Morgan fingerprint density at radius 2 is 1.92 bits per heavy atom. The summed E-state index contributed by atoms with van der Waals surface area (Å²) in [6, 6.07) is 14.0. The number of aromatic amines is 2. The van der Waals surface area contributed by atoms with Crippen LogP contribution in [0.1, 0.15) is 5.56 Å². The van der Waals surface area contributed by atoms with E-state index in [1.165, 1.54) is 16.8 Å². The monoisotopic (exact) mass is 337 g/mol. The predicted octanol–water partition coefficient (Wildman–Crippen LogP) is 4.11. The molecule has 7 heteroatoms. The topological polar surface area (TPSA) is 61.8 Å². The van der Waals surface area contributed by atoms with Gasteiger partial charge in [0.05, 0.1) is 6.21 Å². The molecule has 0 bridgehead atoms. The summed E-state index contributed by atoms with van der Waals surface area (Å²) in [6.45, 7) is 0. The maximum atomic E-state index is 13.1. The van der Waals surface area contributed by atoms with Crippen molar-refractivity contribution in [1.82, 2.24) is 19.9 Å². The lowest BCUT2D eigenvalue weighted by Crippen LogP contribution is -1.95. The number of rotatable bonds is 3. The molecule has 0 atom stereocenters. The third-order valence-electron chi connectivity index (χ3n) is 3.69. The van der Waals surface area contributed by atoms with E-state index in [0.717, 1.165) is 22.0 Å². The van der Waals surface area contributed by atoms with E-state index in [4.69, 9.17) is 12.2 Å². The molecule has 0 saturated heterocycles. The summed E-state index contributed by atoms with van der Waals surface area (Å²) in [6.07, 6.45) is 3.60. The Kier molecular flexibility index (Phi) is 3.55. The number of nitrogens with zero attached hydrogens (tertiary/aromatic N) is 3. The molecule has 0 unspecified atom stereocenters. The minimum Gasteiger partial charge on any atom is -0.361 e. The first-order valence-electron chi connectivity index (χ1n) is 7.26. The fourth-order valence-electron chi connectivity index (χ4n) is 2.51. The molecule has 0 aliphatic heterocycles. The lowest BCUT2D eigenvalue weighted by Gasteiger charge is -2.00. The van der Waals surface area contributed by atoms with Gasteiger partial charge in [-0.25, -0.2) is 9.49 Å². The first-order valence-corrected chi connectivity index (χ1v) is 7.67. The summed E-state index contributed by atoms with van der Waals surface area (Å²) >= 11 is 5.24. The zero-order valence-corrected chi connectivity index (χ0v) is 13.2. The van der Waals surface area contributed by atoms with Crippen LogP contribution in [-0.4, -0.2) is 26.1 Å². The number of nitrogens with one attached hydrogen (secondary N) is 2. The highest BCUT2D eigenvalue weighted by Crippen LogP contribution is 2.19. The molecular formula is C17H12FN5S. The zero-order chi connectivity index (χ0) is 16.5. The van der Waals surface area contributed by atoms with Crippen molar-refractivity contribution in [3.63, 3.8) is 0 Å². The van der Waals surface area contributed by atoms with Crippen molar-refractivity contribution in [1.29, 1.82) is 0 Å². The summed E-state index contributed by atoms with van der Waals surface area (Å²) in [5.74, 6) is 0.220. The van der Waals surface area contributed by atoms with Gasteiger partial charge in [-0.15, -0.1) is 0 Å². The van der Waals surface area contributed by atoms with E-state index < -0.39 is 0 Å². The molecule has 0 amide bonds. The Labute approximate surface area is 141 Å². The largest absolute Gasteiger partial charge is 0.361 e. The number of fused-ring (bicyclic) bond motifs is 1. The Hall–Kier alpha value is -3.06. The van der Waals surface area contributed by atoms with E-state index in [0.29, 0.717) is 10.6 Å². The van der Waals surface area contributed by atoms with Gasteiger partial charge < -0.3 is 4.98 Å². The minimum atomic E-state index is -0.304. The fourth-order valence-corrected chi connectivity index (χ4v) is 2.68. The predicted molar refractivity (Wildman–Crippen MR) is 94.1 cm³/mol. The van der Waals surface area contributed by atoms with Gasteiger partial charge in [-0.2, -0.15) is 14.9 Å². The van der Waals surface area contributed by atoms with Gasteiger partial charge >= 0.3 is 0 Å². The maximum Gasteiger partial charge on any atom is 0.216 e. The molecule has 24 heavy (non-hydrogen) atoms. The number of H-pyrrole nitrogens is 2. The van der Waals surface area contributed by atoms with Crippen LogP contribution in [-0.2, 0) is 0 Å². The Bertz CT molecular complexity index is 1090. The first kappa shape index (κ1) is 14.5. The Balaban J connectivity index is 1.76. The lowest BCUT2D eigenvalue weighted by molar-refractivity contribution is 0.628. The fraction of sp³-hybridized carbons (Fsp3) is 0. The molecular weight excluding hydrogens is 325 g/mol. The first-order chi connectivity index (χ1) is 11.7. The molecule has 0 aliphatic rings. The van der Waals surface area contributed by atoms with Crippen LogP contribution >= 0.6 is 12.2 Å². The van der Waals surface area contributed by atoms with Crippen molar-refractivity contribution >= 4 is 29.3 Å². The number of hydrogen-bond donors (Lipinski definition) is 2. The number of hydrogen-bond acceptors (Lipinski definition) is 3. The highest BCUT2D eigenvalue weighted by molar-refractivity contribution is 7.71. The van der Waals surface area contributed by atoms with Crippen LogP contribution in [0, 0.1) is 10.6 Å². The molecule has 118 valence electrons. The zero-order valence-electron chi connectivity index (χ0n) is 12.4. The van der Waals surface area contributed by atoms with Gasteiger partial charge in [-0.3, -0.25) is 0 Å². The molecule has 0 fully saturated rings. The van der Waals surface area contributed by atoms with Gasteiger partial charge in [0.25, 0.3) is 0 Å². The molecule has 2 aromatic heterocycles. The van der Waals surface area contributed by atoms with Crippen LogP contribution in [0.3, 0.4) is 0 Å². The molecule has 5 nitrogen and oxygen atoms in total. The van der Waals surface area contributed by atoms with E-state index in [2.05, 4.69) is 20.3 Å². The van der Waals surface area contributed by atoms with Crippen LogP contribution in [0.4, 0.5) is 4.39 Å². The Morgan fingerprint density at radius 3 is 2.75 bits per heavy atom. The number of aromatic nitrogens is 4. The van der Waals surface area contributed by atoms with Crippen LogP contribution in [0.5, 0.6) is 0 Å². The normalized spacial score (nSPS) is 11.5. The van der Waals surface area contributed by atoms with Gasteiger partial charge in [-0.05, 0) is 42.5 Å². The molecule has 2 N–H and O–H groups in total. The van der Waals surface area contributed by atoms with Gasteiger partial charge in [0.1, 0.15) is 5.82 Å². The molecule has 4 aromatic rings. The number of benzene rings is 2. The molecule has 2 heterocycles. The van der Waals surface area contributed by atoms with Gasteiger partial charge in [-0.1, -0.05) is 18.2 Å². The summed E-state index contributed by atoms with van der Waals surface area (Å²) in [4.78, 5) is 3.19. The quantitative estimate of drug-likeness (QED) is 0.436. The van der Waals surface area contributed by atoms with Gasteiger partial charge in [0.15, 0.2) is 5.82 Å². The van der Waals surface area contributed by atoms with E-state index in [9.17, 15) is 4.39 Å². The third-order valence-corrected chi connectivity index (χ3v) is 3.95. The average Bonchev–Trinajstić information content (AvgIpc) is 3.17. The average molecular weight is 337 g/mol. The van der Waals surface area contributed by atoms with Crippen LogP contribution in [0.25, 0.3) is 22.3 Å². The number of halogens is 1. The van der Waals surface area contributed by atoms with Crippen molar-refractivity contribution < 1.29 is 4.39 Å². The highest BCUT2D eigenvalue weighted by atomic mass is 32.1. The van der Waals surface area contributed by atoms with Crippen LogP contribution in [0.15, 0.2) is 59.8 Å². The van der Waals surface area contributed by atoms with E-state index in [1.807, 2.05) is 30.5 Å². The van der Waals surface area contributed by atoms with Crippen molar-refractivity contribution in [2.75, 3.05) is 0 Å². The smallest absolute Gasteiger partial charge is 0.216 e. The summed E-state index contributed by atoms with van der Waals surface area (Å²) in [7, 11) is 0. The molecule has 0 saturated carbocycles. The number of para-hydroxylation sites is 1. The molecule has 0 aliphatic carbocycles. The molecule has 0 radical (unpaired) electrons. The SMILES string of the molecule is Fc1ccc(-c2n[nH]c(=S)n2/N=C\c2c[nH]c3ccccc23)cc1. The summed E-state index contributed by atoms with van der Waals surface area (Å²) < 4.78 is 15.0. The second-order valence-corrected chi connectivity index (χ2v) is 5.59. The van der Waals surface area contributed by atoms with E-state index in [-0.39, 0.29) is 5.82 Å². The van der Waals surface area contributed by atoms with E-state index >= 15 is 0 Å². The van der Waals surface area contributed by atoms with Gasteiger partial charge in [0, 0.05) is 28.2 Å². The van der Waals surface area contributed by atoms with Crippen molar-refractivity contribution in [2.45, 2.75) is 0 Å². The van der Waals surface area contributed by atoms with Gasteiger partial charge in [0.2, 0.25) is 4.77 Å². The molecule has 0 spiro atoms. The molecule has 4 rings (SSSR count). The summed E-state index contributed by atoms with van der Waals surface area (Å²) in [5.41, 5.74) is 2.70. The standard InChI is InChI=1S/C17H12FN5S/c18-13-7-5-11(6-8-13)16-21-22-17(24)23(16)20-10-12-9-19-15-4-2-1-3-14(12)15/h1-10,19H,(H,22,24)/b20-10-. The third kappa shape index (κ3) is 2.55. The molecule has 2 aromatic carbocycles. The van der Waals surface area contributed by atoms with Crippen LogP contribution < -0.4 is 0 Å². The lowest BCUT2D eigenvalue weighted by atomic mass is 10.2. The van der Waals surface area contributed by atoms with E-state index in [1.54, 1.807) is 18.3 Å². The Morgan fingerprint density at radius 1 is 1.12 bits per heavy atom. The minimum absolute atomic E-state index is 0.304. The van der Waals surface area contributed by atoms with Crippen LogP contribution in [0.2, 0.25) is 0 Å². The second-order valence-electron chi connectivity index (χ2n) is 5.21. The summed E-state index contributed by atoms with van der Waals surface area (Å²) in [5, 5.41) is 12.4. The second kappa shape index (κ2) is 5.86. The highest BCUT2D eigenvalue weighted by Gasteiger charge is 2.08.